The van der Waals surface area contributed by atoms with Gasteiger partial charge in [-0.25, -0.2) is 0 Å². The van der Waals surface area contributed by atoms with Gasteiger partial charge in [-0.3, -0.25) is 9.69 Å². The molecule has 1 aromatic carbocycles. The first kappa shape index (κ1) is 17.0. The maximum atomic E-state index is 13.4. The van der Waals surface area contributed by atoms with E-state index in [1.807, 2.05) is 29.2 Å². The topological polar surface area (TPSA) is 50.6 Å². The van der Waals surface area contributed by atoms with Crippen LogP contribution in [-0.2, 0) is 11.3 Å². The van der Waals surface area contributed by atoms with Gasteiger partial charge in [-0.15, -0.1) is 0 Å². The van der Waals surface area contributed by atoms with Gasteiger partial charge in [-0.1, -0.05) is 18.2 Å². The summed E-state index contributed by atoms with van der Waals surface area (Å²) in [5.74, 6) is 1.22. The van der Waals surface area contributed by atoms with Gasteiger partial charge in [0.25, 0.3) is 5.91 Å². The van der Waals surface area contributed by atoms with E-state index in [-0.39, 0.29) is 11.9 Å². The van der Waals surface area contributed by atoms with Gasteiger partial charge in [0.05, 0.1) is 18.2 Å². The zero-order valence-corrected chi connectivity index (χ0v) is 15.2. The maximum Gasteiger partial charge on any atom is 0.251 e. The van der Waals surface area contributed by atoms with Gasteiger partial charge in [0.1, 0.15) is 11.9 Å². The molecule has 1 aromatic rings. The SMILES string of the molecule is N#Cc1ccccc1CN1C(=O)C2CCCCN2C=C1N1CCCCC1. The van der Waals surface area contributed by atoms with Crippen LogP contribution in [0.1, 0.15) is 49.7 Å². The number of carbonyl (C=O) groups excluding carboxylic acids is 1. The minimum atomic E-state index is -0.0356. The fraction of sp³-hybridized carbons (Fsp3) is 0.524. The highest BCUT2D eigenvalue weighted by atomic mass is 16.2. The summed E-state index contributed by atoms with van der Waals surface area (Å²) < 4.78 is 0. The van der Waals surface area contributed by atoms with E-state index in [1.54, 1.807) is 0 Å². The van der Waals surface area contributed by atoms with Crippen molar-refractivity contribution in [3.8, 4) is 6.07 Å². The minimum absolute atomic E-state index is 0.0356. The summed E-state index contributed by atoms with van der Waals surface area (Å²) in [6.07, 6.45) is 9.04. The summed E-state index contributed by atoms with van der Waals surface area (Å²) in [6.45, 7) is 3.47. The summed E-state index contributed by atoms with van der Waals surface area (Å²) in [7, 11) is 0. The summed E-state index contributed by atoms with van der Waals surface area (Å²) in [6, 6.07) is 9.86. The van der Waals surface area contributed by atoms with E-state index in [0.29, 0.717) is 12.1 Å². The number of rotatable bonds is 3. The van der Waals surface area contributed by atoms with Gasteiger partial charge < -0.3 is 9.80 Å². The van der Waals surface area contributed by atoms with Crippen LogP contribution in [0.25, 0.3) is 0 Å². The van der Waals surface area contributed by atoms with Gasteiger partial charge in [0.15, 0.2) is 0 Å². The zero-order chi connectivity index (χ0) is 17.9. The number of nitriles is 1. The number of hydrogen-bond acceptors (Lipinski definition) is 4. The molecule has 3 aliphatic heterocycles. The largest absolute Gasteiger partial charge is 0.363 e. The van der Waals surface area contributed by atoms with Crippen molar-refractivity contribution in [2.75, 3.05) is 19.6 Å². The summed E-state index contributed by atoms with van der Waals surface area (Å²) in [4.78, 5) is 19.9. The Bertz CT molecular complexity index is 745. The molecule has 0 aliphatic carbocycles. The van der Waals surface area contributed by atoms with Crippen LogP contribution in [0.4, 0.5) is 0 Å². The lowest BCUT2D eigenvalue weighted by Gasteiger charge is -2.46. The summed E-state index contributed by atoms with van der Waals surface area (Å²) in [5, 5.41) is 9.43. The molecule has 3 heterocycles. The third-order valence-corrected chi connectivity index (χ3v) is 5.80. The molecule has 0 N–H and O–H groups in total. The molecule has 4 rings (SSSR count). The molecule has 5 nitrogen and oxygen atoms in total. The first-order chi connectivity index (χ1) is 12.8. The van der Waals surface area contributed by atoms with Crippen LogP contribution in [0.15, 0.2) is 36.3 Å². The monoisotopic (exact) mass is 350 g/mol. The van der Waals surface area contributed by atoms with Gasteiger partial charge in [0.2, 0.25) is 0 Å². The number of hydrogen-bond donors (Lipinski definition) is 0. The van der Waals surface area contributed by atoms with Gasteiger partial charge >= 0.3 is 0 Å². The van der Waals surface area contributed by atoms with Crippen molar-refractivity contribution in [3.05, 3.63) is 47.4 Å². The van der Waals surface area contributed by atoms with Crippen molar-refractivity contribution in [2.45, 2.75) is 51.1 Å². The Morgan fingerprint density at radius 1 is 1.04 bits per heavy atom. The number of benzene rings is 1. The van der Waals surface area contributed by atoms with Crippen LogP contribution >= 0.6 is 0 Å². The number of fused-ring (bicyclic) bond motifs is 1. The average Bonchev–Trinajstić information content (AvgIpc) is 2.71. The normalized spacial score (nSPS) is 23.3. The Hall–Kier alpha value is -2.48. The lowest BCUT2D eigenvalue weighted by atomic mass is 9.98. The molecule has 2 saturated heterocycles. The molecule has 1 amide bonds. The molecule has 5 heteroatoms. The van der Waals surface area contributed by atoms with Crippen LogP contribution in [0.3, 0.4) is 0 Å². The van der Waals surface area contributed by atoms with Crippen LogP contribution in [0.5, 0.6) is 0 Å². The number of carbonyl (C=O) groups is 1. The molecular weight excluding hydrogens is 324 g/mol. The smallest absolute Gasteiger partial charge is 0.251 e. The third kappa shape index (κ3) is 3.16. The number of amides is 1. The Balaban J connectivity index is 1.68. The molecular formula is C21H26N4O. The number of nitrogens with zero attached hydrogens (tertiary/aromatic N) is 4. The molecule has 26 heavy (non-hydrogen) atoms. The number of likely N-dealkylation sites (tertiary alicyclic amines) is 1. The lowest BCUT2D eigenvalue weighted by Crippen LogP contribution is -2.55. The Labute approximate surface area is 155 Å². The van der Waals surface area contributed by atoms with Crippen molar-refractivity contribution in [1.82, 2.24) is 14.7 Å². The zero-order valence-electron chi connectivity index (χ0n) is 15.2. The molecule has 0 bridgehead atoms. The van der Waals surface area contributed by atoms with E-state index >= 15 is 0 Å². The van der Waals surface area contributed by atoms with Crippen molar-refractivity contribution in [2.24, 2.45) is 0 Å². The summed E-state index contributed by atoms with van der Waals surface area (Å²) in [5.41, 5.74) is 1.58. The molecule has 0 aromatic heterocycles. The molecule has 1 unspecified atom stereocenters. The lowest BCUT2D eigenvalue weighted by molar-refractivity contribution is -0.139. The first-order valence-corrected chi connectivity index (χ1v) is 9.80. The molecule has 136 valence electrons. The van der Waals surface area contributed by atoms with E-state index < -0.39 is 0 Å². The maximum absolute atomic E-state index is 13.4. The second-order valence-electron chi connectivity index (χ2n) is 7.48. The van der Waals surface area contributed by atoms with Crippen molar-refractivity contribution >= 4 is 5.91 Å². The first-order valence-electron chi connectivity index (χ1n) is 9.80. The molecule has 0 spiro atoms. The second-order valence-corrected chi connectivity index (χ2v) is 7.48. The van der Waals surface area contributed by atoms with Crippen LogP contribution in [0.2, 0.25) is 0 Å². The standard InChI is InChI=1S/C21H26N4O/c22-14-17-8-2-3-9-18(17)15-25-20(23-11-5-1-6-12-23)16-24-13-7-4-10-19(24)21(25)26/h2-3,8-9,16,19H,1,4-7,10-13,15H2. The predicted octanol–water partition coefficient (Wildman–Crippen LogP) is 3.04. The minimum Gasteiger partial charge on any atom is -0.363 e. The predicted molar refractivity (Wildman–Crippen MR) is 99.6 cm³/mol. The third-order valence-electron chi connectivity index (χ3n) is 5.80. The van der Waals surface area contributed by atoms with Crippen molar-refractivity contribution in [3.63, 3.8) is 0 Å². The van der Waals surface area contributed by atoms with Crippen LogP contribution in [-0.4, -0.2) is 46.3 Å². The van der Waals surface area contributed by atoms with E-state index in [9.17, 15) is 10.1 Å². The highest BCUT2D eigenvalue weighted by Crippen LogP contribution is 2.31. The van der Waals surface area contributed by atoms with E-state index in [2.05, 4.69) is 22.1 Å². The molecule has 2 fully saturated rings. The van der Waals surface area contributed by atoms with Crippen molar-refractivity contribution in [1.29, 1.82) is 5.26 Å². The molecule has 1 atom stereocenters. The van der Waals surface area contributed by atoms with Gasteiger partial charge in [0, 0.05) is 25.8 Å². The van der Waals surface area contributed by atoms with Gasteiger partial charge in [-0.05, 0) is 50.2 Å². The fourth-order valence-electron chi connectivity index (χ4n) is 4.36. The van der Waals surface area contributed by atoms with Crippen molar-refractivity contribution < 1.29 is 4.79 Å². The highest BCUT2D eigenvalue weighted by molar-refractivity contribution is 5.84. The molecule has 3 aliphatic rings. The van der Waals surface area contributed by atoms with E-state index in [1.165, 1.54) is 19.3 Å². The van der Waals surface area contributed by atoms with Gasteiger partial charge in [-0.2, -0.15) is 5.26 Å². The average molecular weight is 350 g/mol. The number of piperidine rings is 2. The molecule has 0 radical (unpaired) electrons. The van der Waals surface area contributed by atoms with E-state index in [0.717, 1.165) is 50.3 Å². The fourth-order valence-corrected chi connectivity index (χ4v) is 4.36. The quantitative estimate of drug-likeness (QED) is 0.841. The van der Waals surface area contributed by atoms with Crippen LogP contribution in [0, 0.1) is 11.3 Å². The summed E-state index contributed by atoms with van der Waals surface area (Å²) >= 11 is 0. The second kappa shape index (κ2) is 7.41. The Kier molecular flexibility index (Phi) is 4.83. The Morgan fingerprint density at radius 3 is 2.62 bits per heavy atom. The molecule has 0 saturated carbocycles. The van der Waals surface area contributed by atoms with Crippen LogP contribution < -0.4 is 0 Å². The highest BCUT2D eigenvalue weighted by Gasteiger charge is 2.38. The van der Waals surface area contributed by atoms with E-state index in [4.69, 9.17) is 0 Å². The Morgan fingerprint density at radius 2 is 1.81 bits per heavy atom.